The van der Waals surface area contributed by atoms with Gasteiger partial charge in [0.1, 0.15) is 12.2 Å². The molecule has 156 valence electrons. The second-order valence-electron chi connectivity index (χ2n) is 6.08. The zero-order valence-electron chi connectivity index (χ0n) is 16.4. The van der Waals surface area contributed by atoms with Gasteiger partial charge in [0.05, 0.1) is 13.2 Å². The van der Waals surface area contributed by atoms with Crippen molar-refractivity contribution in [3.8, 4) is 0 Å². The summed E-state index contributed by atoms with van der Waals surface area (Å²) >= 11 is 0. The van der Waals surface area contributed by atoms with E-state index in [0.717, 1.165) is 5.56 Å². The largest absolute Gasteiger partial charge is 0.477 e. The molecule has 2 rings (SSSR count). The second kappa shape index (κ2) is 9.58. The number of nitrogens with zero attached hydrogens (tertiary/aromatic N) is 1. The number of amides is 3. The van der Waals surface area contributed by atoms with E-state index in [4.69, 9.17) is 4.74 Å². The topological polar surface area (TPSA) is 134 Å². The second-order valence-corrected chi connectivity index (χ2v) is 6.08. The summed E-state index contributed by atoms with van der Waals surface area (Å²) in [6.07, 6.45) is -1.26. The summed E-state index contributed by atoms with van der Waals surface area (Å²) in [6.45, 7) is 5.82. The van der Waals surface area contributed by atoms with Gasteiger partial charge in [-0.1, -0.05) is 6.92 Å². The Balaban J connectivity index is 2.29. The van der Waals surface area contributed by atoms with Crippen LogP contribution in [0.3, 0.4) is 0 Å². The van der Waals surface area contributed by atoms with Gasteiger partial charge in [-0.05, 0) is 44.0 Å². The van der Waals surface area contributed by atoms with Crippen molar-refractivity contribution in [2.45, 2.75) is 27.2 Å². The summed E-state index contributed by atoms with van der Waals surface area (Å²) in [5.41, 5.74) is 1.46. The fourth-order valence-corrected chi connectivity index (χ4v) is 2.76. The number of hydrogen-bond donors (Lipinski definition) is 3. The van der Waals surface area contributed by atoms with E-state index < -0.39 is 29.6 Å². The summed E-state index contributed by atoms with van der Waals surface area (Å²) < 4.78 is 9.54. The normalized spacial score (nSPS) is 14.0. The minimum atomic E-state index is -1.48. The Kier molecular flexibility index (Phi) is 7.18. The summed E-state index contributed by atoms with van der Waals surface area (Å²) in [5.74, 6) is -2.56. The molecule has 3 N–H and O–H groups in total. The smallest absolute Gasteiger partial charge is 0.414 e. The molecular weight excluding hydrogens is 382 g/mol. The highest BCUT2D eigenvalue weighted by Crippen LogP contribution is 2.26. The number of nitrogens with one attached hydrogen (secondary N) is 2. The first-order chi connectivity index (χ1) is 13.8. The molecule has 0 aromatic heterocycles. The molecular formula is C19H23N3O7. The van der Waals surface area contributed by atoms with E-state index in [1.165, 1.54) is 4.90 Å². The average Bonchev–Trinajstić information content (AvgIpc) is 3.08. The molecule has 0 saturated carbocycles. The highest BCUT2D eigenvalue weighted by Gasteiger charge is 2.26. The third kappa shape index (κ3) is 5.24. The first kappa shape index (κ1) is 21.7. The van der Waals surface area contributed by atoms with Crippen LogP contribution in [0.15, 0.2) is 29.5 Å². The third-order valence-electron chi connectivity index (χ3n) is 4.16. The summed E-state index contributed by atoms with van der Waals surface area (Å²) in [7, 11) is 0. The molecule has 1 heterocycles. The molecule has 1 aromatic carbocycles. The van der Waals surface area contributed by atoms with Crippen LogP contribution < -0.4 is 15.5 Å². The number of cyclic esters (lactones) is 1. The molecule has 1 aliphatic heterocycles. The first-order valence-electron chi connectivity index (χ1n) is 9.04. The lowest BCUT2D eigenvalue weighted by Gasteiger charge is -2.18. The van der Waals surface area contributed by atoms with Gasteiger partial charge in [-0.3, -0.25) is 15.0 Å². The molecule has 29 heavy (non-hydrogen) atoms. The maximum atomic E-state index is 12.3. The maximum Gasteiger partial charge on any atom is 0.414 e. The van der Waals surface area contributed by atoms with Crippen molar-refractivity contribution in [2.24, 2.45) is 0 Å². The van der Waals surface area contributed by atoms with Crippen LogP contribution >= 0.6 is 0 Å². The Labute approximate surface area is 167 Å². The molecule has 1 saturated heterocycles. The van der Waals surface area contributed by atoms with E-state index in [1.54, 1.807) is 39.0 Å². The molecule has 3 amide bonds. The minimum Gasteiger partial charge on any atom is -0.477 e. The lowest BCUT2D eigenvalue weighted by molar-refractivity contribution is -0.134. The van der Waals surface area contributed by atoms with Crippen LogP contribution in [-0.2, 0) is 19.1 Å². The number of anilines is 2. The summed E-state index contributed by atoms with van der Waals surface area (Å²) in [5, 5.41) is 14.3. The Bertz CT molecular complexity index is 863. The summed E-state index contributed by atoms with van der Waals surface area (Å²) in [4.78, 5) is 48.6. The predicted octanol–water partition coefficient (Wildman–Crippen LogP) is 2.38. The molecule has 10 heteroatoms. The fourth-order valence-electron chi connectivity index (χ4n) is 2.76. The number of benzene rings is 1. The van der Waals surface area contributed by atoms with E-state index in [-0.39, 0.29) is 18.7 Å². The number of ether oxygens (including phenoxy) is 2. The highest BCUT2D eigenvalue weighted by atomic mass is 16.6. The van der Waals surface area contributed by atoms with Gasteiger partial charge in [-0.15, -0.1) is 0 Å². The average molecular weight is 405 g/mol. The van der Waals surface area contributed by atoms with Crippen molar-refractivity contribution in [2.75, 3.05) is 30.0 Å². The number of imide groups is 1. The number of carbonyl (C=O) groups is 4. The van der Waals surface area contributed by atoms with Crippen LogP contribution in [0.5, 0.6) is 0 Å². The van der Waals surface area contributed by atoms with E-state index in [0.29, 0.717) is 24.5 Å². The van der Waals surface area contributed by atoms with Gasteiger partial charge in [0.25, 0.3) is 5.91 Å². The lowest BCUT2D eigenvalue weighted by atomic mass is 10.1. The summed E-state index contributed by atoms with van der Waals surface area (Å²) in [6, 6.07) is 5.12. The van der Waals surface area contributed by atoms with Crippen molar-refractivity contribution in [1.82, 2.24) is 5.32 Å². The molecule has 0 radical (unpaired) electrons. The van der Waals surface area contributed by atoms with E-state index in [9.17, 15) is 24.3 Å². The third-order valence-corrected chi connectivity index (χ3v) is 4.16. The van der Waals surface area contributed by atoms with Crippen LogP contribution in [0.1, 0.15) is 25.8 Å². The van der Waals surface area contributed by atoms with Gasteiger partial charge in [0.2, 0.25) is 0 Å². The molecule has 0 aliphatic carbocycles. The minimum absolute atomic E-state index is 0.0419. The number of hydrogen-bond acceptors (Lipinski definition) is 7. The number of allylic oxidation sites excluding steroid dienone is 1. The fraction of sp³-hybridized carbons (Fsp3) is 0.368. The number of rotatable bonds is 7. The number of carbonyl (C=O) groups excluding carboxylic acids is 3. The van der Waals surface area contributed by atoms with Crippen molar-refractivity contribution in [3.05, 3.63) is 35.0 Å². The zero-order chi connectivity index (χ0) is 21.6. The molecule has 1 fully saturated rings. The zero-order valence-corrected chi connectivity index (χ0v) is 16.4. The first-order valence-corrected chi connectivity index (χ1v) is 9.04. The number of carboxylic acid groups (broad SMARTS) is 1. The van der Waals surface area contributed by atoms with Gasteiger partial charge in [-0.25, -0.2) is 14.4 Å². The maximum absolute atomic E-state index is 12.3. The number of carboxylic acids is 1. The number of aryl methyl sites for hydroxylation is 1. The van der Waals surface area contributed by atoms with Gasteiger partial charge in [0.15, 0.2) is 0 Å². The van der Waals surface area contributed by atoms with Crippen molar-refractivity contribution < 1.29 is 33.8 Å². The van der Waals surface area contributed by atoms with Crippen LogP contribution in [-0.4, -0.2) is 48.9 Å². The highest BCUT2D eigenvalue weighted by molar-refractivity contribution is 6.19. The molecule has 0 unspecified atom stereocenters. The van der Waals surface area contributed by atoms with Crippen molar-refractivity contribution in [3.63, 3.8) is 0 Å². The monoisotopic (exact) mass is 405 g/mol. The Morgan fingerprint density at radius 1 is 1.28 bits per heavy atom. The van der Waals surface area contributed by atoms with Crippen LogP contribution in [0.25, 0.3) is 0 Å². The van der Waals surface area contributed by atoms with Gasteiger partial charge < -0.3 is 19.9 Å². The Morgan fingerprint density at radius 3 is 2.52 bits per heavy atom. The van der Waals surface area contributed by atoms with Gasteiger partial charge in [0, 0.05) is 17.1 Å². The standard InChI is InChI=1S/C19H23N3O7/c1-4-13(15(17(24)25)16(23)21-18(26)28-5-2)20-14-7-6-12(10-11(14)3)22-8-9-29-19(22)27/h6-7,10,20H,4-5,8-9H2,1-3H3,(H,24,25)(H,21,23,26). The molecule has 0 atom stereocenters. The van der Waals surface area contributed by atoms with E-state index >= 15 is 0 Å². The molecule has 1 aliphatic rings. The Morgan fingerprint density at radius 2 is 2.00 bits per heavy atom. The number of aliphatic carboxylic acids is 1. The Hall–Kier alpha value is -3.56. The van der Waals surface area contributed by atoms with E-state index in [1.807, 2.05) is 5.32 Å². The quantitative estimate of drug-likeness (QED) is 0.358. The van der Waals surface area contributed by atoms with Crippen molar-refractivity contribution in [1.29, 1.82) is 0 Å². The molecule has 10 nitrogen and oxygen atoms in total. The van der Waals surface area contributed by atoms with Crippen molar-refractivity contribution >= 4 is 35.4 Å². The lowest BCUT2D eigenvalue weighted by Crippen LogP contribution is -2.35. The SMILES string of the molecule is CCOC(=O)NC(=O)C(C(=O)O)=C(CC)Nc1ccc(N2CCOC2=O)cc1C. The van der Waals surface area contributed by atoms with Gasteiger partial charge in [-0.2, -0.15) is 0 Å². The van der Waals surface area contributed by atoms with Crippen LogP contribution in [0.2, 0.25) is 0 Å². The molecule has 1 aromatic rings. The van der Waals surface area contributed by atoms with Crippen LogP contribution in [0.4, 0.5) is 21.0 Å². The van der Waals surface area contributed by atoms with Gasteiger partial charge >= 0.3 is 18.2 Å². The molecule has 0 bridgehead atoms. The van der Waals surface area contributed by atoms with Crippen LogP contribution in [0, 0.1) is 6.92 Å². The predicted molar refractivity (Wildman–Crippen MR) is 104 cm³/mol. The molecule has 0 spiro atoms. The number of alkyl carbamates (subject to hydrolysis) is 1. The van der Waals surface area contributed by atoms with E-state index in [2.05, 4.69) is 10.1 Å².